The fourth-order valence-electron chi connectivity index (χ4n) is 2.98. The Hall–Kier alpha value is -2.73. The van der Waals surface area contributed by atoms with Gasteiger partial charge in [0.1, 0.15) is 11.5 Å². The summed E-state index contributed by atoms with van der Waals surface area (Å²) in [6.07, 6.45) is 0.572. The highest BCUT2D eigenvalue weighted by Gasteiger charge is 2.29. The van der Waals surface area contributed by atoms with Gasteiger partial charge in [-0.05, 0) is 36.8 Å². The molecule has 2 aromatic carbocycles. The number of anilines is 1. The van der Waals surface area contributed by atoms with E-state index in [0.29, 0.717) is 46.3 Å². The maximum atomic E-state index is 12.8. The van der Waals surface area contributed by atoms with Crippen LogP contribution < -0.4 is 14.8 Å². The molecule has 7 heteroatoms. The van der Waals surface area contributed by atoms with E-state index in [1.54, 1.807) is 43.5 Å². The molecule has 1 atom stereocenters. The number of carbonyl (C=O) groups excluding carboxylic acids is 1. The van der Waals surface area contributed by atoms with Crippen molar-refractivity contribution in [2.75, 3.05) is 19.0 Å². The Labute approximate surface area is 148 Å². The summed E-state index contributed by atoms with van der Waals surface area (Å²) in [5, 5.41) is 8.09. The molecule has 1 aliphatic heterocycles. The van der Waals surface area contributed by atoms with E-state index in [1.165, 1.54) is 0 Å². The number of ether oxygens (including phenoxy) is 2. The Morgan fingerprint density at radius 2 is 2.20 bits per heavy atom. The highest BCUT2D eigenvalue weighted by molar-refractivity contribution is 6.30. The summed E-state index contributed by atoms with van der Waals surface area (Å²) in [4.78, 5) is 12.8. The van der Waals surface area contributed by atoms with Crippen LogP contribution in [0.25, 0.3) is 11.0 Å². The van der Waals surface area contributed by atoms with Crippen molar-refractivity contribution in [2.45, 2.75) is 12.3 Å². The van der Waals surface area contributed by atoms with Crippen LogP contribution in [-0.4, -0.2) is 24.8 Å². The van der Waals surface area contributed by atoms with E-state index in [0.717, 1.165) is 5.56 Å². The number of hydrogen-bond donors (Lipinski definition) is 1. The largest absolute Gasteiger partial charge is 0.497 e. The molecule has 0 saturated heterocycles. The topological polar surface area (TPSA) is 73.6 Å². The quantitative estimate of drug-likeness (QED) is 0.766. The second kappa shape index (κ2) is 6.29. The van der Waals surface area contributed by atoms with Crippen LogP contribution in [0.2, 0.25) is 5.02 Å². The van der Waals surface area contributed by atoms with Crippen molar-refractivity contribution in [3.05, 3.63) is 47.0 Å². The molecule has 1 aliphatic rings. The van der Waals surface area contributed by atoms with Gasteiger partial charge in [-0.2, -0.15) is 0 Å². The number of benzene rings is 2. The van der Waals surface area contributed by atoms with Gasteiger partial charge >= 0.3 is 0 Å². The molecule has 0 fully saturated rings. The lowest BCUT2D eigenvalue weighted by Gasteiger charge is -2.25. The van der Waals surface area contributed by atoms with E-state index in [9.17, 15) is 4.79 Å². The Morgan fingerprint density at radius 1 is 1.32 bits per heavy atom. The fourth-order valence-corrected chi connectivity index (χ4v) is 3.16. The predicted molar refractivity (Wildman–Crippen MR) is 93.5 cm³/mol. The maximum Gasteiger partial charge on any atom is 0.233 e. The number of methoxy groups -OCH3 is 1. The SMILES string of the molecule is COc1ccc2c(NC(=O)C3CCOc4ccc(Cl)cc43)noc2c1. The molecule has 4 rings (SSSR count). The van der Waals surface area contributed by atoms with Crippen LogP contribution in [0.4, 0.5) is 5.82 Å². The zero-order valence-corrected chi connectivity index (χ0v) is 14.2. The van der Waals surface area contributed by atoms with Crippen molar-refractivity contribution >= 4 is 34.3 Å². The van der Waals surface area contributed by atoms with Gasteiger partial charge in [0.05, 0.1) is 25.0 Å². The number of hydrogen-bond acceptors (Lipinski definition) is 5. The Balaban J connectivity index is 1.62. The van der Waals surface area contributed by atoms with Crippen molar-refractivity contribution < 1.29 is 18.8 Å². The molecule has 0 radical (unpaired) electrons. The summed E-state index contributed by atoms with van der Waals surface area (Å²) in [5.41, 5.74) is 1.33. The van der Waals surface area contributed by atoms with Crippen molar-refractivity contribution in [3.63, 3.8) is 0 Å². The van der Waals surface area contributed by atoms with Crippen LogP contribution in [0.15, 0.2) is 40.9 Å². The summed E-state index contributed by atoms with van der Waals surface area (Å²) in [6, 6.07) is 10.6. The summed E-state index contributed by atoms with van der Waals surface area (Å²) in [6.45, 7) is 0.476. The van der Waals surface area contributed by atoms with Crippen molar-refractivity contribution in [1.82, 2.24) is 5.16 Å². The first-order valence-corrected chi connectivity index (χ1v) is 8.20. The summed E-state index contributed by atoms with van der Waals surface area (Å²) in [5.74, 6) is 1.21. The van der Waals surface area contributed by atoms with Crippen LogP contribution in [0.1, 0.15) is 17.9 Å². The molecule has 1 N–H and O–H groups in total. The molecule has 0 saturated carbocycles. The molecule has 0 spiro atoms. The van der Waals surface area contributed by atoms with Crippen LogP contribution in [-0.2, 0) is 4.79 Å². The normalized spacial score (nSPS) is 16.2. The molecular weight excluding hydrogens is 344 g/mol. The lowest BCUT2D eigenvalue weighted by Crippen LogP contribution is -2.26. The van der Waals surface area contributed by atoms with Gasteiger partial charge < -0.3 is 19.3 Å². The molecule has 1 aromatic heterocycles. The highest BCUT2D eigenvalue weighted by atomic mass is 35.5. The van der Waals surface area contributed by atoms with Crippen molar-refractivity contribution in [2.24, 2.45) is 0 Å². The van der Waals surface area contributed by atoms with Gasteiger partial charge in [-0.3, -0.25) is 4.79 Å². The minimum absolute atomic E-state index is 0.169. The molecule has 25 heavy (non-hydrogen) atoms. The molecule has 6 nitrogen and oxygen atoms in total. The van der Waals surface area contributed by atoms with Crippen LogP contribution in [0, 0.1) is 0 Å². The van der Waals surface area contributed by atoms with Gasteiger partial charge in [0, 0.05) is 16.7 Å². The summed E-state index contributed by atoms with van der Waals surface area (Å²) < 4.78 is 16.0. The summed E-state index contributed by atoms with van der Waals surface area (Å²) in [7, 11) is 1.58. The van der Waals surface area contributed by atoms with Gasteiger partial charge in [0.25, 0.3) is 0 Å². The molecular formula is C18H15ClN2O4. The third-order valence-corrected chi connectivity index (χ3v) is 4.48. The van der Waals surface area contributed by atoms with E-state index in [1.807, 2.05) is 0 Å². The highest BCUT2D eigenvalue weighted by Crippen LogP contribution is 2.36. The smallest absolute Gasteiger partial charge is 0.233 e. The van der Waals surface area contributed by atoms with E-state index in [-0.39, 0.29) is 11.8 Å². The molecule has 0 bridgehead atoms. The second-order valence-corrected chi connectivity index (χ2v) is 6.19. The minimum atomic E-state index is -0.354. The Bertz CT molecular complexity index is 953. The first-order chi connectivity index (χ1) is 12.2. The number of halogens is 1. The van der Waals surface area contributed by atoms with Crippen LogP contribution >= 0.6 is 11.6 Å². The summed E-state index contributed by atoms with van der Waals surface area (Å²) >= 11 is 6.07. The maximum absolute atomic E-state index is 12.8. The number of rotatable bonds is 3. The Morgan fingerprint density at radius 3 is 3.04 bits per heavy atom. The third kappa shape index (κ3) is 2.89. The molecule has 0 aliphatic carbocycles. The molecule has 3 aromatic rings. The number of carbonyl (C=O) groups is 1. The first kappa shape index (κ1) is 15.8. The third-order valence-electron chi connectivity index (χ3n) is 4.25. The number of nitrogens with zero attached hydrogens (tertiary/aromatic N) is 1. The molecule has 128 valence electrons. The van der Waals surface area contributed by atoms with Crippen LogP contribution in [0.5, 0.6) is 11.5 Å². The van der Waals surface area contributed by atoms with Crippen molar-refractivity contribution in [3.8, 4) is 11.5 Å². The van der Waals surface area contributed by atoms with E-state index in [4.69, 9.17) is 25.6 Å². The second-order valence-electron chi connectivity index (χ2n) is 5.75. The van der Waals surface area contributed by atoms with Gasteiger partial charge in [-0.1, -0.05) is 16.8 Å². The predicted octanol–water partition coefficient (Wildman–Crippen LogP) is 3.99. The number of amides is 1. The molecule has 1 amide bonds. The van der Waals surface area contributed by atoms with E-state index in [2.05, 4.69) is 10.5 Å². The fraction of sp³-hybridized carbons (Fsp3) is 0.222. The zero-order valence-electron chi connectivity index (χ0n) is 13.4. The van der Waals surface area contributed by atoms with Gasteiger partial charge in [0.2, 0.25) is 5.91 Å². The Kier molecular flexibility index (Phi) is 3.97. The zero-order chi connectivity index (χ0) is 17.4. The van der Waals surface area contributed by atoms with E-state index < -0.39 is 0 Å². The van der Waals surface area contributed by atoms with Gasteiger partial charge in [-0.15, -0.1) is 0 Å². The molecule has 2 heterocycles. The first-order valence-electron chi connectivity index (χ1n) is 7.82. The standard InChI is InChI=1S/C18H15ClN2O4/c1-23-11-3-4-13-16(9-11)25-21-17(13)20-18(22)12-6-7-24-15-5-2-10(19)8-14(12)15/h2-5,8-9,12H,6-7H2,1H3,(H,20,21,22). The monoisotopic (exact) mass is 358 g/mol. The number of aromatic nitrogens is 1. The molecule has 1 unspecified atom stereocenters. The van der Waals surface area contributed by atoms with Gasteiger partial charge in [-0.25, -0.2) is 0 Å². The van der Waals surface area contributed by atoms with E-state index >= 15 is 0 Å². The number of fused-ring (bicyclic) bond motifs is 2. The van der Waals surface area contributed by atoms with Gasteiger partial charge in [0.15, 0.2) is 11.4 Å². The minimum Gasteiger partial charge on any atom is -0.497 e. The van der Waals surface area contributed by atoms with Crippen molar-refractivity contribution in [1.29, 1.82) is 0 Å². The lowest BCUT2D eigenvalue weighted by molar-refractivity contribution is -0.118. The van der Waals surface area contributed by atoms with Crippen LogP contribution in [0.3, 0.4) is 0 Å². The lowest BCUT2D eigenvalue weighted by atomic mass is 9.92. The average molecular weight is 359 g/mol. The number of nitrogens with one attached hydrogen (secondary N) is 1. The average Bonchev–Trinajstić information content (AvgIpc) is 3.03.